The lowest BCUT2D eigenvalue weighted by molar-refractivity contribution is -0.142. The number of hydrogen-bond donors (Lipinski definition) is 2. The van der Waals surface area contributed by atoms with Crippen LogP contribution in [0.4, 0.5) is 0 Å². The van der Waals surface area contributed by atoms with Crippen molar-refractivity contribution in [1.82, 2.24) is 5.32 Å². The molecule has 6 heteroatoms. The van der Waals surface area contributed by atoms with Crippen molar-refractivity contribution in [2.45, 2.75) is 38.1 Å². The quantitative estimate of drug-likeness (QED) is 0.826. The van der Waals surface area contributed by atoms with E-state index in [1.807, 2.05) is 6.07 Å². The van der Waals surface area contributed by atoms with E-state index >= 15 is 0 Å². The number of carbonyl (C=O) groups is 2. The third-order valence-electron chi connectivity index (χ3n) is 3.45. The molecule has 104 valence electrons. The molecule has 0 bridgehead atoms. The van der Waals surface area contributed by atoms with Gasteiger partial charge in [0.2, 0.25) is 0 Å². The Balaban J connectivity index is 2.06. The highest BCUT2D eigenvalue weighted by atomic mass is 79.9. The summed E-state index contributed by atoms with van der Waals surface area (Å²) in [6, 6.07) is 3.31. The summed E-state index contributed by atoms with van der Waals surface area (Å²) in [5.74, 6) is -1.44. The van der Waals surface area contributed by atoms with E-state index in [1.165, 1.54) is 11.3 Å². The third-order valence-corrected chi connectivity index (χ3v) is 5.07. The van der Waals surface area contributed by atoms with E-state index in [-0.39, 0.29) is 11.9 Å². The van der Waals surface area contributed by atoms with Crippen molar-refractivity contribution in [3.05, 3.63) is 20.8 Å². The number of amides is 1. The summed E-state index contributed by atoms with van der Waals surface area (Å²) in [6.45, 7) is 0. The Hall–Kier alpha value is -0.880. The van der Waals surface area contributed by atoms with Gasteiger partial charge in [-0.3, -0.25) is 9.59 Å². The number of carboxylic acid groups (broad SMARTS) is 1. The van der Waals surface area contributed by atoms with Crippen LogP contribution in [-0.4, -0.2) is 23.0 Å². The van der Waals surface area contributed by atoms with E-state index in [9.17, 15) is 14.7 Å². The highest BCUT2D eigenvalue weighted by Crippen LogP contribution is 2.26. The first-order valence-corrected chi connectivity index (χ1v) is 7.98. The summed E-state index contributed by atoms with van der Waals surface area (Å²) in [6.07, 6.45) is 4.33. The van der Waals surface area contributed by atoms with Gasteiger partial charge in [-0.1, -0.05) is 19.3 Å². The van der Waals surface area contributed by atoms with Crippen molar-refractivity contribution in [1.29, 1.82) is 0 Å². The van der Waals surface area contributed by atoms with Gasteiger partial charge in [-0.25, -0.2) is 0 Å². The molecule has 4 nitrogen and oxygen atoms in total. The third kappa shape index (κ3) is 3.79. The molecule has 0 spiro atoms. The van der Waals surface area contributed by atoms with Crippen LogP contribution in [0, 0.1) is 5.92 Å². The minimum Gasteiger partial charge on any atom is -0.481 e. The minimum absolute atomic E-state index is 0.172. The average Bonchev–Trinajstić information content (AvgIpc) is 2.65. The second-order valence-electron chi connectivity index (χ2n) is 4.77. The van der Waals surface area contributed by atoms with Crippen molar-refractivity contribution in [3.63, 3.8) is 0 Å². The monoisotopic (exact) mass is 345 g/mol. The van der Waals surface area contributed by atoms with Gasteiger partial charge in [0.05, 0.1) is 14.6 Å². The fourth-order valence-electron chi connectivity index (χ4n) is 2.45. The highest BCUT2D eigenvalue weighted by Gasteiger charge is 2.30. The number of thiophene rings is 1. The molecule has 1 aliphatic rings. The first-order chi connectivity index (χ1) is 9.08. The Morgan fingerprint density at radius 3 is 2.63 bits per heavy atom. The highest BCUT2D eigenvalue weighted by molar-refractivity contribution is 9.11. The maximum atomic E-state index is 12.1. The molecule has 0 aliphatic heterocycles. The Kier molecular flexibility index (Phi) is 4.99. The second kappa shape index (κ2) is 6.52. The molecule has 2 unspecified atom stereocenters. The summed E-state index contributed by atoms with van der Waals surface area (Å²) in [5, 5.41) is 12.2. The largest absolute Gasteiger partial charge is 0.481 e. The normalized spacial score (nSPS) is 23.6. The van der Waals surface area contributed by atoms with Gasteiger partial charge in [-0.2, -0.15) is 0 Å². The van der Waals surface area contributed by atoms with E-state index in [0.717, 1.165) is 29.5 Å². The van der Waals surface area contributed by atoms with Crippen LogP contribution in [0.1, 0.15) is 41.8 Å². The van der Waals surface area contributed by atoms with Crippen molar-refractivity contribution >= 4 is 39.1 Å². The molecule has 1 aliphatic carbocycles. The lowest BCUT2D eigenvalue weighted by atomic mass is 9.95. The minimum atomic E-state index is -0.806. The molecule has 0 aromatic carbocycles. The molecule has 2 atom stereocenters. The predicted molar refractivity (Wildman–Crippen MR) is 77.5 cm³/mol. The zero-order valence-electron chi connectivity index (χ0n) is 10.4. The van der Waals surface area contributed by atoms with Crippen molar-refractivity contribution in [3.8, 4) is 0 Å². The number of rotatable bonds is 3. The lowest BCUT2D eigenvalue weighted by Gasteiger charge is -2.22. The Morgan fingerprint density at radius 2 is 2.00 bits per heavy atom. The smallest absolute Gasteiger partial charge is 0.308 e. The van der Waals surface area contributed by atoms with Crippen LogP contribution in [0.15, 0.2) is 15.9 Å². The molecule has 1 fully saturated rings. The van der Waals surface area contributed by atoms with Gasteiger partial charge < -0.3 is 10.4 Å². The molecular formula is C13H16BrNO3S. The molecule has 2 rings (SSSR count). The SMILES string of the molecule is O=C(NC1CCCCCC1C(=O)O)c1ccc(Br)s1. The molecular weight excluding hydrogens is 330 g/mol. The van der Waals surface area contributed by atoms with E-state index in [1.54, 1.807) is 6.07 Å². The van der Waals surface area contributed by atoms with E-state index in [2.05, 4.69) is 21.2 Å². The van der Waals surface area contributed by atoms with Crippen molar-refractivity contribution in [2.24, 2.45) is 5.92 Å². The molecule has 19 heavy (non-hydrogen) atoms. The zero-order valence-corrected chi connectivity index (χ0v) is 12.8. The second-order valence-corrected chi connectivity index (χ2v) is 7.23. The van der Waals surface area contributed by atoms with Crippen LogP contribution >= 0.6 is 27.3 Å². The fraction of sp³-hybridized carbons (Fsp3) is 0.538. The van der Waals surface area contributed by atoms with Crippen LogP contribution in [-0.2, 0) is 4.79 Å². The van der Waals surface area contributed by atoms with Gasteiger partial charge in [-0.05, 0) is 40.9 Å². The maximum Gasteiger partial charge on any atom is 0.308 e. The molecule has 0 saturated heterocycles. The summed E-state index contributed by atoms with van der Waals surface area (Å²) in [7, 11) is 0. The number of carboxylic acids is 1. The molecule has 0 radical (unpaired) electrons. The van der Waals surface area contributed by atoms with Gasteiger partial charge >= 0.3 is 5.97 Å². The summed E-state index contributed by atoms with van der Waals surface area (Å²) >= 11 is 4.67. The van der Waals surface area contributed by atoms with Crippen LogP contribution in [0.3, 0.4) is 0 Å². The first kappa shape index (κ1) is 14.5. The molecule has 1 aromatic heterocycles. The van der Waals surface area contributed by atoms with Crippen molar-refractivity contribution < 1.29 is 14.7 Å². The topological polar surface area (TPSA) is 66.4 Å². The van der Waals surface area contributed by atoms with E-state index in [4.69, 9.17) is 0 Å². The molecule has 2 N–H and O–H groups in total. The Labute approximate surface area is 124 Å². The summed E-state index contributed by atoms with van der Waals surface area (Å²) in [5.41, 5.74) is 0. The van der Waals surface area contributed by atoms with Crippen LogP contribution in [0.5, 0.6) is 0 Å². The zero-order chi connectivity index (χ0) is 13.8. The average molecular weight is 346 g/mol. The summed E-state index contributed by atoms with van der Waals surface area (Å²) in [4.78, 5) is 24.0. The maximum absolute atomic E-state index is 12.1. The van der Waals surface area contributed by atoms with E-state index < -0.39 is 11.9 Å². The Morgan fingerprint density at radius 1 is 1.26 bits per heavy atom. The summed E-state index contributed by atoms with van der Waals surface area (Å²) < 4.78 is 0.897. The molecule has 1 heterocycles. The number of carbonyl (C=O) groups excluding carboxylic acids is 1. The number of aliphatic carboxylic acids is 1. The predicted octanol–water partition coefficient (Wildman–Crippen LogP) is 3.27. The van der Waals surface area contributed by atoms with Crippen LogP contribution in [0.25, 0.3) is 0 Å². The molecule has 1 amide bonds. The molecule has 1 saturated carbocycles. The van der Waals surface area contributed by atoms with Crippen LogP contribution in [0.2, 0.25) is 0 Å². The van der Waals surface area contributed by atoms with Gasteiger partial charge in [0, 0.05) is 6.04 Å². The number of hydrogen-bond acceptors (Lipinski definition) is 3. The fourth-order valence-corrected chi connectivity index (χ4v) is 3.74. The lowest BCUT2D eigenvalue weighted by Crippen LogP contribution is -2.42. The standard InChI is InChI=1S/C13H16BrNO3S/c14-11-7-6-10(19-11)12(16)15-9-5-3-1-2-4-8(9)13(17)18/h6-9H,1-5H2,(H,15,16)(H,17,18). The first-order valence-electron chi connectivity index (χ1n) is 6.37. The molecule has 1 aromatic rings. The van der Waals surface area contributed by atoms with Crippen molar-refractivity contribution in [2.75, 3.05) is 0 Å². The van der Waals surface area contributed by atoms with E-state index in [0.29, 0.717) is 11.3 Å². The van der Waals surface area contributed by atoms with Gasteiger partial charge in [-0.15, -0.1) is 11.3 Å². The van der Waals surface area contributed by atoms with Gasteiger partial charge in [0.25, 0.3) is 5.91 Å². The number of nitrogens with one attached hydrogen (secondary N) is 1. The Bertz CT molecular complexity index is 474. The number of halogens is 1. The van der Waals surface area contributed by atoms with Crippen LogP contribution < -0.4 is 5.32 Å². The van der Waals surface area contributed by atoms with Gasteiger partial charge in [0.1, 0.15) is 0 Å². The van der Waals surface area contributed by atoms with Gasteiger partial charge in [0.15, 0.2) is 0 Å².